The van der Waals surface area contributed by atoms with Gasteiger partial charge in [0.2, 0.25) is 5.91 Å². The van der Waals surface area contributed by atoms with Gasteiger partial charge in [-0.1, -0.05) is 13.0 Å². The summed E-state index contributed by atoms with van der Waals surface area (Å²) in [7, 11) is 0. The molecule has 0 saturated carbocycles. The van der Waals surface area contributed by atoms with Crippen molar-refractivity contribution in [3.05, 3.63) is 29.1 Å². The molecule has 1 fully saturated rings. The number of fused-ring (bicyclic) bond motifs is 1. The van der Waals surface area contributed by atoms with Crippen LogP contribution in [0.4, 0.5) is 4.39 Å². The Morgan fingerprint density at radius 3 is 3.00 bits per heavy atom. The average Bonchev–Trinajstić information content (AvgIpc) is 2.91. The quantitative estimate of drug-likeness (QED) is 0.848. The molecule has 0 bridgehead atoms. The molecule has 2 aliphatic rings. The Labute approximate surface area is 125 Å². The Morgan fingerprint density at radius 2 is 2.29 bits per heavy atom. The van der Waals surface area contributed by atoms with Crippen molar-refractivity contribution in [1.29, 1.82) is 0 Å². The Hall–Kier alpha value is -1.49. The highest BCUT2D eigenvalue weighted by Crippen LogP contribution is 2.19. The maximum Gasteiger partial charge on any atom is 0.237 e. The van der Waals surface area contributed by atoms with Crippen molar-refractivity contribution < 1.29 is 9.18 Å². The molecule has 5 heteroatoms. The number of hydrogen-bond donors (Lipinski definition) is 0. The first-order chi connectivity index (χ1) is 10.2. The smallest absolute Gasteiger partial charge is 0.237 e. The zero-order chi connectivity index (χ0) is 14.8. The maximum absolute atomic E-state index is 13.2. The van der Waals surface area contributed by atoms with E-state index in [1.54, 1.807) is 0 Å². The number of aromatic nitrogens is 1. The molecule has 1 atom stereocenters. The van der Waals surface area contributed by atoms with Crippen molar-refractivity contribution in [1.82, 2.24) is 14.8 Å². The van der Waals surface area contributed by atoms with Crippen molar-refractivity contribution >= 4 is 5.91 Å². The van der Waals surface area contributed by atoms with Crippen molar-refractivity contribution in [3.63, 3.8) is 0 Å². The predicted molar refractivity (Wildman–Crippen MR) is 78.7 cm³/mol. The van der Waals surface area contributed by atoms with E-state index in [0.29, 0.717) is 32.6 Å². The van der Waals surface area contributed by atoms with Crippen molar-refractivity contribution in [2.45, 2.75) is 38.9 Å². The second kappa shape index (κ2) is 6.10. The Kier molecular flexibility index (Phi) is 4.19. The van der Waals surface area contributed by atoms with E-state index < -0.39 is 6.17 Å². The number of nitrogens with zero attached hydrogens (tertiary/aromatic N) is 3. The zero-order valence-electron chi connectivity index (χ0n) is 12.5. The van der Waals surface area contributed by atoms with Gasteiger partial charge in [-0.15, -0.1) is 0 Å². The van der Waals surface area contributed by atoms with Gasteiger partial charge in [-0.25, -0.2) is 4.39 Å². The minimum Gasteiger partial charge on any atom is -0.337 e. The maximum atomic E-state index is 13.2. The van der Waals surface area contributed by atoms with Crippen LogP contribution < -0.4 is 0 Å². The van der Waals surface area contributed by atoms with Gasteiger partial charge in [0.1, 0.15) is 6.17 Å². The first-order valence-electron chi connectivity index (χ1n) is 7.77. The molecule has 3 rings (SSSR count). The van der Waals surface area contributed by atoms with Gasteiger partial charge in [-0.3, -0.25) is 14.7 Å². The van der Waals surface area contributed by atoms with Gasteiger partial charge in [0.25, 0.3) is 0 Å². The third-order valence-corrected chi connectivity index (χ3v) is 4.39. The molecule has 0 radical (unpaired) electrons. The molecule has 0 aliphatic carbocycles. The normalized spacial score (nSPS) is 22.4. The zero-order valence-corrected chi connectivity index (χ0v) is 12.5. The van der Waals surface area contributed by atoms with Gasteiger partial charge in [-0.05, 0) is 24.5 Å². The molecule has 2 aliphatic heterocycles. The highest BCUT2D eigenvalue weighted by atomic mass is 19.1. The first-order valence-corrected chi connectivity index (χ1v) is 7.77. The van der Waals surface area contributed by atoms with Gasteiger partial charge >= 0.3 is 0 Å². The fourth-order valence-electron chi connectivity index (χ4n) is 3.09. The van der Waals surface area contributed by atoms with E-state index in [2.05, 4.69) is 18.0 Å². The molecule has 4 nitrogen and oxygen atoms in total. The second-order valence-electron chi connectivity index (χ2n) is 5.95. The van der Waals surface area contributed by atoms with E-state index in [9.17, 15) is 9.18 Å². The van der Waals surface area contributed by atoms with Crippen LogP contribution in [0.15, 0.2) is 12.1 Å². The average molecular weight is 291 g/mol. The Balaban J connectivity index is 1.61. The number of halogens is 1. The van der Waals surface area contributed by atoms with Crippen LogP contribution in [-0.2, 0) is 24.2 Å². The fourth-order valence-corrected chi connectivity index (χ4v) is 3.09. The van der Waals surface area contributed by atoms with Crippen LogP contribution in [0.3, 0.4) is 0 Å². The molecule has 114 valence electrons. The summed E-state index contributed by atoms with van der Waals surface area (Å²) in [6.07, 6.45) is 1.55. The number of hydrogen-bond acceptors (Lipinski definition) is 3. The molecule has 1 aromatic heterocycles. The molecule has 0 N–H and O–H groups in total. The fraction of sp³-hybridized carbons (Fsp3) is 0.625. The van der Waals surface area contributed by atoms with Crippen LogP contribution in [0, 0.1) is 0 Å². The number of rotatable bonds is 3. The first kappa shape index (κ1) is 14.4. The standard InChI is InChI=1S/C16H22FN3O/c1-2-14-4-3-12-9-20(8-6-15(12)18-14)16(21)11-19-7-5-13(17)10-19/h3-4,13H,2,5-11H2,1H3/t13-/m1/s1. The summed E-state index contributed by atoms with van der Waals surface area (Å²) in [4.78, 5) is 20.8. The Morgan fingerprint density at radius 1 is 1.43 bits per heavy atom. The van der Waals surface area contributed by atoms with Crippen molar-refractivity contribution in [3.8, 4) is 0 Å². The van der Waals surface area contributed by atoms with Crippen LogP contribution >= 0.6 is 0 Å². The second-order valence-corrected chi connectivity index (χ2v) is 5.95. The lowest BCUT2D eigenvalue weighted by molar-refractivity contribution is -0.133. The van der Waals surface area contributed by atoms with Gasteiger partial charge in [0, 0.05) is 44.0 Å². The summed E-state index contributed by atoms with van der Waals surface area (Å²) >= 11 is 0. The van der Waals surface area contributed by atoms with Gasteiger partial charge < -0.3 is 4.90 Å². The number of carbonyl (C=O) groups excluding carboxylic acids is 1. The van der Waals surface area contributed by atoms with E-state index in [4.69, 9.17) is 0 Å². The van der Waals surface area contributed by atoms with Crippen LogP contribution in [-0.4, -0.2) is 53.0 Å². The molecule has 0 spiro atoms. The predicted octanol–water partition coefficient (Wildman–Crippen LogP) is 1.57. The van der Waals surface area contributed by atoms with E-state index in [1.807, 2.05) is 15.9 Å². The molecular weight excluding hydrogens is 269 g/mol. The van der Waals surface area contributed by atoms with Gasteiger partial charge in [0.15, 0.2) is 0 Å². The monoisotopic (exact) mass is 291 g/mol. The number of aryl methyl sites for hydroxylation is 1. The number of likely N-dealkylation sites (tertiary alicyclic amines) is 1. The van der Waals surface area contributed by atoms with Gasteiger partial charge in [0.05, 0.1) is 6.54 Å². The lowest BCUT2D eigenvalue weighted by Gasteiger charge is -2.30. The third-order valence-electron chi connectivity index (χ3n) is 4.39. The summed E-state index contributed by atoms with van der Waals surface area (Å²) in [5.41, 5.74) is 3.39. The lowest BCUT2D eigenvalue weighted by Crippen LogP contribution is -2.42. The molecule has 0 unspecified atom stereocenters. The Bertz CT molecular complexity index is 534. The van der Waals surface area contributed by atoms with E-state index in [-0.39, 0.29) is 5.91 Å². The number of pyridine rings is 1. The molecular formula is C16H22FN3O. The largest absolute Gasteiger partial charge is 0.337 e. The van der Waals surface area contributed by atoms with Crippen LogP contribution in [0.5, 0.6) is 0 Å². The number of amides is 1. The van der Waals surface area contributed by atoms with Crippen LogP contribution in [0.2, 0.25) is 0 Å². The van der Waals surface area contributed by atoms with E-state index in [1.165, 1.54) is 0 Å². The van der Waals surface area contributed by atoms with E-state index in [0.717, 1.165) is 36.3 Å². The van der Waals surface area contributed by atoms with E-state index >= 15 is 0 Å². The lowest BCUT2D eigenvalue weighted by atomic mass is 10.0. The molecule has 21 heavy (non-hydrogen) atoms. The molecule has 1 amide bonds. The summed E-state index contributed by atoms with van der Waals surface area (Å²) in [6.45, 7) is 4.89. The van der Waals surface area contributed by atoms with Crippen LogP contribution in [0.25, 0.3) is 0 Å². The molecule has 1 saturated heterocycles. The molecule has 3 heterocycles. The molecule has 0 aromatic carbocycles. The minimum absolute atomic E-state index is 0.106. The summed E-state index contributed by atoms with van der Waals surface area (Å²) in [5, 5.41) is 0. The third kappa shape index (κ3) is 3.23. The number of carbonyl (C=O) groups is 1. The highest BCUT2D eigenvalue weighted by molar-refractivity contribution is 5.78. The summed E-state index contributed by atoms with van der Waals surface area (Å²) < 4.78 is 13.2. The summed E-state index contributed by atoms with van der Waals surface area (Å²) in [6, 6.07) is 4.13. The highest BCUT2D eigenvalue weighted by Gasteiger charge is 2.27. The summed E-state index contributed by atoms with van der Waals surface area (Å²) in [5.74, 6) is 0.106. The van der Waals surface area contributed by atoms with Crippen molar-refractivity contribution in [2.24, 2.45) is 0 Å². The van der Waals surface area contributed by atoms with Crippen molar-refractivity contribution in [2.75, 3.05) is 26.2 Å². The SMILES string of the molecule is CCc1ccc2c(n1)CCN(C(=O)CN1CC[C@@H](F)C1)C2. The molecule has 1 aromatic rings. The van der Waals surface area contributed by atoms with Crippen LogP contribution in [0.1, 0.15) is 30.3 Å². The number of alkyl halides is 1. The minimum atomic E-state index is -0.767. The van der Waals surface area contributed by atoms with Gasteiger partial charge in [-0.2, -0.15) is 0 Å². The topological polar surface area (TPSA) is 36.4 Å².